The van der Waals surface area contributed by atoms with E-state index in [2.05, 4.69) is 11.9 Å². The second-order valence-electron chi connectivity index (χ2n) is 6.94. The Kier molecular flexibility index (Phi) is 4.69. The Labute approximate surface area is 147 Å². The van der Waals surface area contributed by atoms with Crippen LogP contribution in [-0.2, 0) is 21.2 Å². The molecule has 0 radical (unpaired) electrons. The molecule has 6 nitrogen and oxygen atoms in total. The van der Waals surface area contributed by atoms with E-state index < -0.39 is 9.84 Å². The number of nitrogens with zero attached hydrogens (tertiary/aromatic N) is 1. The van der Waals surface area contributed by atoms with Gasteiger partial charge in [-0.05, 0) is 36.6 Å². The van der Waals surface area contributed by atoms with E-state index in [0.29, 0.717) is 31.6 Å². The van der Waals surface area contributed by atoms with Crippen LogP contribution in [0.25, 0.3) is 0 Å². The first kappa shape index (κ1) is 17.7. The highest BCUT2D eigenvalue weighted by Crippen LogP contribution is 2.41. The lowest BCUT2D eigenvalue weighted by Gasteiger charge is -2.22. The van der Waals surface area contributed by atoms with Crippen molar-refractivity contribution in [2.24, 2.45) is 5.41 Å². The van der Waals surface area contributed by atoms with Crippen molar-refractivity contribution in [2.45, 2.75) is 19.4 Å². The quantitative estimate of drug-likeness (QED) is 0.814. The van der Waals surface area contributed by atoms with Gasteiger partial charge in [0, 0.05) is 30.6 Å². The maximum absolute atomic E-state index is 12.7. The number of nitrogens with one attached hydrogen (secondary N) is 1. The fraction of sp³-hybridized carbons (Fsp3) is 0.444. The summed E-state index contributed by atoms with van der Waals surface area (Å²) in [5, 5.41) is 2.68. The van der Waals surface area contributed by atoms with Crippen LogP contribution in [0.15, 0.2) is 36.9 Å². The summed E-state index contributed by atoms with van der Waals surface area (Å²) in [6.45, 7) is 4.89. The highest BCUT2D eigenvalue weighted by Gasteiger charge is 2.47. The minimum atomic E-state index is -2.95. The highest BCUT2D eigenvalue weighted by molar-refractivity contribution is 7.91. The van der Waals surface area contributed by atoms with Crippen LogP contribution >= 0.6 is 0 Å². The molecule has 1 spiro atoms. The van der Waals surface area contributed by atoms with Gasteiger partial charge in [-0.1, -0.05) is 18.7 Å². The molecular weight excluding hydrogens is 340 g/mol. The van der Waals surface area contributed by atoms with Gasteiger partial charge in [0.1, 0.15) is 0 Å². The molecule has 2 heterocycles. The lowest BCUT2D eigenvalue weighted by molar-refractivity contribution is -0.116. The average molecular weight is 362 g/mol. The fourth-order valence-corrected chi connectivity index (χ4v) is 5.82. The molecular formula is C18H22N2O4S. The topological polar surface area (TPSA) is 83.6 Å². The van der Waals surface area contributed by atoms with Crippen LogP contribution in [0.5, 0.6) is 0 Å². The largest absolute Gasteiger partial charge is 0.348 e. The Morgan fingerprint density at radius 2 is 1.96 bits per heavy atom. The molecule has 25 heavy (non-hydrogen) atoms. The Bertz CT molecular complexity index is 801. The van der Waals surface area contributed by atoms with Crippen molar-refractivity contribution in [3.63, 3.8) is 0 Å². The van der Waals surface area contributed by atoms with E-state index in [-0.39, 0.29) is 28.7 Å². The Balaban J connectivity index is 1.62. The summed E-state index contributed by atoms with van der Waals surface area (Å²) in [6.07, 6.45) is 2.62. The smallest absolute Gasteiger partial charge is 0.253 e. The molecule has 1 unspecified atom stereocenters. The predicted octanol–water partition coefficient (Wildman–Crippen LogP) is 1.14. The van der Waals surface area contributed by atoms with Crippen molar-refractivity contribution in [3.8, 4) is 0 Å². The molecule has 2 saturated heterocycles. The second kappa shape index (κ2) is 6.63. The third kappa shape index (κ3) is 3.92. The van der Waals surface area contributed by atoms with E-state index in [1.807, 2.05) is 12.1 Å². The van der Waals surface area contributed by atoms with E-state index in [1.165, 1.54) is 6.08 Å². The zero-order valence-electron chi connectivity index (χ0n) is 14.0. The molecule has 1 atom stereocenters. The van der Waals surface area contributed by atoms with Crippen molar-refractivity contribution in [1.29, 1.82) is 0 Å². The normalized spacial score (nSPS) is 24.4. The Morgan fingerprint density at radius 3 is 2.56 bits per heavy atom. The van der Waals surface area contributed by atoms with Gasteiger partial charge >= 0.3 is 0 Å². The van der Waals surface area contributed by atoms with E-state index in [0.717, 1.165) is 12.0 Å². The number of carbonyl (C=O) groups is 2. The summed E-state index contributed by atoms with van der Waals surface area (Å²) >= 11 is 0. The molecule has 3 rings (SSSR count). The molecule has 1 aromatic rings. The van der Waals surface area contributed by atoms with E-state index in [4.69, 9.17) is 0 Å². The van der Waals surface area contributed by atoms with Crippen LogP contribution in [0, 0.1) is 5.41 Å². The minimum absolute atomic E-state index is 0.0668. The molecule has 1 N–H and O–H groups in total. The highest BCUT2D eigenvalue weighted by atomic mass is 32.2. The Morgan fingerprint density at radius 1 is 1.24 bits per heavy atom. The van der Waals surface area contributed by atoms with Gasteiger partial charge in [-0.3, -0.25) is 9.59 Å². The monoisotopic (exact) mass is 362 g/mol. The molecule has 1 aromatic carbocycles. The van der Waals surface area contributed by atoms with Crippen molar-refractivity contribution in [3.05, 3.63) is 48.0 Å². The predicted molar refractivity (Wildman–Crippen MR) is 94.7 cm³/mol. The first-order chi connectivity index (χ1) is 11.8. The van der Waals surface area contributed by atoms with Crippen LogP contribution in [-0.4, -0.2) is 49.7 Å². The maximum Gasteiger partial charge on any atom is 0.253 e. The molecule has 2 aliphatic heterocycles. The maximum atomic E-state index is 12.7. The zero-order valence-corrected chi connectivity index (χ0v) is 14.8. The summed E-state index contributed by atoms with van der Waals surface area (Å²) in [5.74, 6) is 0.128. The first-order valence-electron chi connectivity index (χ1n) is 8.31. The Hall–Kier alpha value is -2.15. The van der Waals surface area contributed by atoms with Gasteiger partial charge in [0.2, 0.25) is 5.91 Å². The van der Waals surface area contributed by atoms with Crippen molar-refractivity contribution in [2.75, 3.05) is 24.6 Å². The molecule has 0 saturated carbocycles. The number of amides is 2. The molecule has 0 bridgehead atoms. The van der Waals surface area contributed by atoms with Gasteiger partial charge < -0.3 is 10.2 Å². The number of hydrogen-bond donors (Lipinski definition) is 1. The average Bonchev–Trinajstić information content (AvgIpc) is 3.15. The minimum Gasteiger partial charge on any atom is -0.348 e. The fourth-order valence-electron chi connectivity index (χ4n) is 3.62. The summed E-state index contributed by atoms with van der Waals surface area (Å²) in [6, 6.07) is 7.10. The number of carbonyl (C=O) groups excluding carboxylic acids is 2. The SMILES string of the molecule is C=CC(=O)NCc1ccc(C(=O)N2CCC3(CCS(=O)(=O)C3)C2)cc1. The zero-order chi connectivity index (χ0) is 18.1. The summed E-state index contributed by atoms with van der Waals surface area (Å²) in [5.41, 5.74) is 1.23. The molecule has 2 aliphatic rings. The van der Waals surface area contributed by atoms with Gasteiger partial charge in [-0.2, -0.15) is 0 Å². The first-order valence-corrected chi connectivity index (χ1v) is 10.1. The van der Waals surface area contributed by atoms with Crippen molar-refractivity contribution < 1.29 is 18.0 Å². The van der Waals surface area contributed by atoms with Crippen molar-refractivity contribution >= 4 is 21.7 Å². The van der Waals surface area contributed by atoms with Crippen LogP contribution in [0.4, 0.5) is 0 Å². The number of rotatable bonds is 4. The van der Waals surface area contributed by atoms with E-state index in [1.54, 1.807) is 17.0 Å². The van der Waals surface area contributed by atoms with Gasteiger partial charge in [-0.15, -0.1) is 0 Å². The van der Waals surface area contributed by atoms with Crippen molar-refractivity contribution in [1.82, 2.24) is 10.2 Å². The van der Waals surface area contributed by atoms with Gasteiger partial charge in [0.05, 0.1) is 11.5 Å². The summed E-state index contributed by atoms with van der Waals surface area (Å²) < 4.78 is 23.5. The third-order valence-corrected chi connectivity index (χ3v) is 6.93. The standard InChI is InChI=1S/C18H22N2O4S/c1-2-16(21)19-11-14-3-5-15(6-4-14)17(22)20-9-7-18(12-20)8-10-25(23,24)13-18/h2-6H,1,7-13H2,(H,19,21). The summed E-state index contributed by atoms with van der Waals surface area (Å²) in [4.78, 5) is 25.6. The lowest BCUT2D eigenvalue weighted by Crippen LogP contribution is -2.32. The van der Waals surface area contributed by atoms with E-state index in [9.17, 15) is 18.0 Å². The van der Waals surface area contributed by atoms with Crippen LogP contribution in [0.3, 0.4) is 0 Å². The van der Waals surface area contributed by atoms with Gasteiger partial charge in [-0.25, -0.2) is 8.42 Å². The van der Waals surface area contributed by atoms with Gasteiger partial charge in [0.25, 0.3) is 5.91 Å². The molecule has 0 aromatic heterocycles. The van der Waals surface area contributed by atoms with Gasteiger partial charge in [0.15, 0.2) is 9.84 Å². The number of hydrogen-bond acceptors (Lipinski definition) is 4. The van der Waals surface area contributed by atoms with E-state index >= 15 is 0 Å². The van der Waals surface area contributed by atoms with Crippen LogP contribution < -0.4 is 5.32 Å². The number of benzene rings is 1. The molecule has 0 aliphatic carbocycles. The molecule has 2 fully saturated rings. The molecule has 7 heteroatoms. The summed E-state index contributed by atoms with van der Waals surface area (Å²) in [7, 11) is -2.95. The number of likely N-dealkylation sites (tertiary alicyclic amines) is 1. The number of sulfone groups is 1. The molecule has 2 amide bonds. The third-order valence-electron chi connectivity index (χ3n) is 5.05. The lowest BCUT2D eigenvalue weighted by atomic mass is 9.87. The molecule has 134 valence electrons. The van der Waals surface area contributed by atoms with Crippen LogP contribution in [0.1, 0.15) is 28.8 Å². The van der Waals surface area contributed by atoms with Crippen LogP contribution in [0.2, 0.25) is 0 Å². The second-order valence-corrected chi connectivity index (χ2v) is 9.12.